The Morgan fingerprint density at radius 2 is 1.54 bits per heavy atom. The van der Waals surface area contributed by atoms with Crippen LogP contribution in [0.25, 0.3) is 0 Å². The smallest absolute Gasteiger partial charge is 0.264 e. The quantitative estimate of drug-likeness (QED) is 0.370. The number of sulfonamides is 1. The van der Waals surface area contributed by atoms with E-state index in [4.69, 9.17) is 34.8 Å². The van der Waals surface area contributed by atoms with Gasteiger partial charge in [-0.3, -0.25) is 13.9 Å². The van der Waals surface area contributed by atoms with Gasteiger partial charge in [0.1, 0.15) is 12.6 Å². The highest BCUT2D eigenvalue weighted by Gasteiger charge is 2.32. The number of likely N-dealkylation sites (N-methyl/N-ethyl adjacent to an activating group) is 1. The van der Waals surface area contributed by atoms with Gasteiger partial charge in [-0.05, 0) is 67.9 Å². The van der Waals surface area contributed by atoms with Gasteiger partial charge in [-0.2, -0.15) is 0 Å². The molecular formula is C26H26Cl3N3O4S. The van der Waals surface area contributed by atoms with Crippen molar-refractivity contribution in [2.75, 3.05) is 17.9 Å². The van der Waals surface area contributed by atoms with Crippen molar-refractivity contribution in [1.29, 1.82) is 0 Å². The lowest BCUT2D eigenvalue weighted by atomic mass is 10.1. The van der Waals surface area contributed by atoms with Crippen molar-refractivity contribution >= 4 is 62.3 Å². The minimum atomic E-state index is -4.15. The minimum absolute atomic E-state index is 0.00332. The molecule has 0 spiro atoms. The molecule has 0 saturated heterocycles. The number of amides is 2. The SMILES string of the molecule is CNC(=O)[C@@H](C)N(Cc1ccc(Cl)c(Cl)c1)C(=O)CN(c1ccc(Cl)cc1)S(=O)(=O)c1ccc(C)cc1. The van der Waals surface area contributed by atoms with Crippen LogP contribution in [0, 0.1) is 6.92 Å². The van der Waals surface area contributed by atoms with Gasteiger partial charge in [0, 0.05) is 18.6 Å². The zero-order valence-electron chi connectivity index (χ0n) is 20.4. The Morgan fingerprint density at radius 1 is 0.919 bits per heavy atom. The lowest BCUT2D eigenvalue weighted by molar-refractivity contribution is -0.139. The molecule has 0 bridgehead atoms. The Balaban J connectivity index is 2.03. The number of nitrogens with one attached hydrogen (secondary N) is 1. The van der Waals surface area contributed by atoms with E-state index in [0.29, 0.717) is 20.6 Å². The van der Waals surface area contributed by atoms with E-state index in [1.165, 1.54) is 36.2 Å². The number of carbonyl (C=O) groups is 2. The third-order valence-electron chi connectivity index (χ3n) is 5.75. The zero-order chi connectivity index (χ0) is 27.3. The Bertz CT molecular complexity index is 1380. The molecule has 196 valence electrons. The van der Waals surface area contributed by atoms with Crippen molar-refractivity contribution in [2.45, 2.75) is 31.3 Å². The summed E-state index contributed by atoms with van der Waals surface area (Å²) in [6, 6.07) is 16.4. The van der Waals surface area contributed by atoms with Crippen LogP contribution in [-0.2, 0) is 26.2 Å². The summed E-state index contributed by atoms with van der Waals surface area (Å²) in [6.45, 7) is 2.86. The molecule has 0 heterocycles. The number of anilines is 1. The van der Waals surface area contributed by atoms with Crippen LogP contribution in [0.4, 0.5) is 5.69 Å². The fourth-order valence-electron chi connectivity index (χ4n) is 3.60. The van der Waals surface area contributed by atoms with E-state index >= 15 is 0 Å². The number of aryl methyl sites for hydroxylation is 1. The fourth-order valence-corrected chi connectivity index (χ4v) is 5.46. The van der Waals surface area contributed by atoms with E-state index in [9.17, 15) is 18.0 Å². The number of halogens is 3. The van der Waals surface area contributed by atoms with Gasteiger partial charge in [-0.25, -0.2) is 8.42 Å². The lowest BCUT2D eigenvalue weighted by Gasteiger charge is -2.31. The molecule has 3 aromatic rings. The maximum atomic E-state index is 13.7. The highest BCUT2D eigenvalue weighted by molar-refractivity contribution is 7.92. The molecule has 1 atom stereocenters. The first-order valence-corrected chi connectivity index (χ1v) is 13.8. The maximum absolute atomic E-state index is 13.7. The Labute approximate surface area is 232 Å². The topological polar surface area (TPSA) is 86.8 Å². The summed E-state index contributed by atoms with van der Waals surface area (Å²) in [6.07, 6.45) is 0. The summed E-state index contributed by atoms with van der Waals surface area (Å²) in [5, 5.41) is 3.59. The van der Waals surface area contributed by atoms with E-state index in [1.54, 1.807) is 49.4 Å². The lowest BCUT2D eigenvalue weighted by Crippen LogP contribution is -2.50. The molecule has 1 N–H and O–H groups in total. The molecule has 37 heavy (non-hydrogen) atoms. The standard InChI is InChI=1S/C26H26Cl3N3O4S/c1-17-4-11-22(12-5-17)37(35,36)32(21-9-7-20(27)8-10-21)16-25(33)31(18(2)26(34)30-3)15-19-6-13-23(28)24(29)14-19/h4-14,18H,15-16H2,1-3H3,(H,30,34)/t18-/m1/s1. The molecule has 11 heteroatoms. The van der Waals surface area contributed by atoms with Crippen molar-refractivity contribution in [3.8, 4) is 0 Å². The van der Waals surface area contributed by atoms with Crippen molar-refractivity contribution in [3.05, 3.63) is 92.9 Å². The second kappa shape index (κ2) is 12.2. The van der Waals surface area contributed by atoms with Crippen LogP contribution in [0.2, 0.25) is 15.1 Å². The molecule has 0 radical (unpaired) electrons. The van der Waals surface area contributed by atoms with Crippen LogP contribution in [0.1, 0.15) is 18.1 Å². The molecule has 2 amide bonds. The van der Waals surface area contributed by atoms with E-state index in [-0.39, 0.29) is 17.1 Å². The van der Waals surface area contributed by atoms with Crippen molar-refractivity contribution in [1.82, 2.24) is 10.2 Å². The number of rotatable bonds is 9. The van der Waals surface area contributed by atoms with E-state index in [1.807, 2.05) is 6.92 Å². The number of benzene rings is 3. The van der Waals surface area contributed by atoms with Gasteiger partial charge in [-0.15, -0.1) is 0 Å². The summed E-state index contributed by atoms with van der Waals surface area (Å²) < 4.78 is 28.4. The molecular weight excluding hydrogens is 557 g/mol. The van der Waals surface area contributed by atoms with Gasteiger partial charge in [0.05, 0.1) is 20.6 Å². The number of hydrogen-bond donors (Lipinski definition) is 1. The average molecular weight is 583 g/mol. The van der Waals surface area contributed by atoms with Crippen LogP contribution >= 0.6 is 34.8 Å². The van der Waals surface area contributed by atoms with Crippen molar-refractivity contribution < 1.29 is 18.0 Å². The highest BCUT2D eigenvalue weighted by Crippen LogP contribution is 2.27. The minimum Gasteiger partial charge on any atom is -0.357 e. The van der Waals surface area contributed by atoms with Crippen LogP contribution < -0.4 is 9.62 Å². The molecule has 7 nitrogen and oxygen atoms in total. The summed E-state index contributed by atoms with van der Waals surface area (Å²) >= 11 is 18.2. The summed E-state index contributed by atoms with van der Waals surface area (Å²) in [4.78, 5) is 27.5. The number of hydrogen-bond acceptors (Lipinski definition) is 4. The molecule has 0 aromatic heterocycles. The molecule has 3 rings (SSSR count). The Morgan fingerprint density at radius 3 is 2.11 bits per heavy atom. The van der Waals surface area contributed by atoms with Gasteiger partial charge < -0.3 is 10.2 Å². The highest BCUT2D eigenvalue weighted by atomic mass is 35.5. The molecule has 3 aromatic carbocycles. The second-order valence-electron chi connectivity index (χ2n) is 8.36. The zero-order valence-corrected chi connectivity index (χ0v) is 23.5. The first-order chi connectivity index (χ1) is 17.4. The van der Waals surface area contributed by atoms with Gasteiger partial charge in [0.25, 0.3) is 10.0 Å². The second-order valence-corrected chi connectivity index (χ2v) is 11.5. The first kappa shape index (κ1) is 28.8. The third-order valence-corrected chi connectivity index (χ3v) is 8.53. The normalized spacial score (nSPS) is 12.1. The van der Waals surface area contributed by atoms with Gasteiger partial charge >= 0.3 is 0 Å². The number of carbonyl (C=O) groups excluding carboxylic acids is 2. The van der Waals surface area contributed by atoms with Crippen molar-refractivity contribution in [2.24, 2.45) is 0 Å². The first-order valence-electron chi connectivity index (χ1n) is 11.2. The van der Waals surface area contributed by atoms with Gasteiger partial charge in [-0.1, -0.05) is 58.6 Å². The summed E-state index contributed by atoms with van der Waals surface area (Å²) in [5.74, 6) is -0.999. The average Bonchev–Trinajstić information content (AvgIpc) is 2.87. The molecule has 0 aliphatic carbocycles. The molecule has 0 fully saturated rings. The summed E-state index contributed by atoms with van der Waals surface area (Å²) in [7, 11) is -2.68. The monoisotopic (exact) mass is 581 g/mol. The van der Waals surface area contributed by atoms with Crippen molar-refractivity contribution in [3.63, 3.8) is 0 Å². The molecule has 0 unspecified atom stereocenters. The molecule has 0 aliphatic heterocycles. The molecule has 0 saturated carbocycles. The van der Waals surface area contributed by atoms with Gasteiger partial charge in [0.15, 0.2) is 0 Å². The van der Waals surface area contributed by atoms with E-state index in [0.717, 1.165) is 9.87 Å². The van der Waals surface area contributed by atoms with Crippen LogP contribution in [0.15, 0.2) is 71.6 Å². The van der Waals surface area contributed by atoms with Crippen LogP contribution in [-0.4, -0.2) is 44.8 Å². The van der Waals surface area contributed by atoms with E-state index in [2.05, 4.69) is 5.32 Å². The predicted molar refractivity (Wildman–Crippen MR) is 148 cm³/mol. The third kappa shape index (κ3) is 6.96. The maximum Gasteiger partial charge on any atom is 0.264 e. The number of nitrogens with zero attached hydrogens (tertiary/aromatic N) is 2. The largest absolute Gasteiger partial charge is 0.357 e. The Kier molecular flexibility index (Phi) is 9.47. The van der Waals surface area contributed by atoms with Gasteiger partial charge in [0.2, 0.25) is 11.8 Å². The Hall–Kier alpha value is -2.78. The predicted octanol–water partition coefficient (Wildman–Crippen LogP) is 5.31. The van der Waals surface area contributed by atoms with Crippen LogP contribution in [0.3, 0.4) is 0 Å². The van der Waals surface area contributed by atoms with E-state index < -0.39 is 34.4 Å². The summed E-state index contributed by atoms with van der Waals surface area (Å²) in [5.41, 5.74) is 1.76. The fraction of sp³-hybridized carbons (Fsp3) is 0.231. The molecule has 0 aliphatic rings. The van der Waals surface area contributed by atoms with Crippen LogP contribution in [0.5, 0.6) is 0 Å².